The largest absolute Gasteiger partial charge is 0.451 e. The third-order valence-electron chi connectivity index (χ3n) is 5.57. The molecule has 4 heterocycles. The molecule has 0 bridgehead atoms. The third kappa shape index (κ3) is 4.14. The first-order valence-electron chi connectivity index (χ1n) is 10.4. The number of thiazole rings is 1. The van der Waals surface area contributed by atoms with Crippen LogP contribution in [0.1, 0.15) is 45.6 Å². The van der Waals surface area contributed by atoms with E-state index in [1.165, 1.54) is 11.3 Å². The van der Waals surface area contributed by atoms with E-state index in [-0.39, 0.29) is 11.9 Å². The summed E-state index contributed by atoms with van der Waals surface area (Å²) in [5, 5.41) is 8.98. The number of fused-ring (bicyclic) bond motifs is 1. The Balaban J connectivity index is 1.48. The van der Waals surface area contributed by atoms with Crippen LogP contribution in [-0.2, 0) is 10.9 Å². The second kappa shape index (κ2) is 8.44. The number of rotatable bonds is 5. The van der Waals surface area contributed by atoms with Gasteiger partial charge in [-0.15, -0.1) is 11.3 Å². The fraction of sp³-hybridized carbons (Fsp3) is 0.318. The van der Waals surface area contributed by atoms with E-state index in [1.807, 2.05) is 11.6 Å². The molecule has 1 aliphatic heterocycles. The number of carbonyl (C=O) groups is 1. The maximum atomic E-state index is 13.2. The van der Waals surface area contributed by atoms with Gasteiger partial charge in [0.1, 0.15) is 5.01 Å². The highest BCUT2D eigenvalue weighted by Crippen LogP contribution is 2.35. The number of aromatic nitrogens is 5. The Morgan fingerprint density at radius 3 is 2.50 bits per heavy atom. The van der Waals surface area contributed by atoms with E-state index in [0.717, 1.165) is 38.7 Å². The standard InChI is InChI=1S/C22H19F3N6O2S/c1-11-5-26-20(34-11)16-3-13(4-18-17(16)8-29-31(18)15-9-33-10-15)19(32)30-12(2)14-6-27-21(28-7-14)22(23,24)25/h3-8,12,15H,9-10H2,1-2H3,(H,30,32). The highest BCUT2D eigenvalue weighted by atomic mass is 32.1. The molecule has 176 valence electrons. The van der Waals surface area contributed by atoms with Crippen molar-refractivity contribution in [2.45, 2.75) is 32.1 Å². The molecule has 0 saturated carbocycles. The summed E-state index contributed by atoms with van der Waals surface area (Å²) in [5.41, 5.74) is 2.32. The Labute approximate surface area is 195 Å². The number of ether oxygens (including phenoxy) is 1. The average Bonchev–Trinajstić information content (AvgIpc) is 3.38. The molecule has 0 radical (unpaired) electrons. The lowest BCUT2D eigenvalue weighted by Crippen LogP contribution is -2.31. The molecule has 1 saturated heterocycles. The monoisotopic (exact) mass is 488 g/mol. The molecule has 0 spiro atoms. The van der Waals surface area contributed by atoms with Gasteiger partial charge < -0.3 is 10.1 Å². The first-order valence-corrected chi connectivity index (χ1v) is 11.2. The lowest BCUT2D eigenvalue weighted by atomic mass is 10.0. The number of nitrogens with zero attached hydrogens (tertiary/aromatic N) is 5. The minimum atomic E-state index is -4.63. The number of alkyl halides is 3. The second-order valence-electron chi connectivity index (χ2n) is 8.05. The number of hydrogen-bond donors (Lipinski definition) is 1. The van der Waals surface area contributed by atoms with Crippen LogP contribution in [0.3, 0.4) is 0 Å². The van der Waals surface area contributed by atoms with E-state index in [9.17, 15) is 18.0 Å². The van der Waals surface area contributed by atoms with Gasteiger partial charge in [-0.3, -0.25) is 9.48 Å². The van der Waals surface area contributed by atoms with E-state index >= 15 is 0 Å². The predicted octanol–water partition coefficient (Wildman–Crippen LogP) is 4.34. The normalized spacial score (nSPS) is 15.3. The molecule has 1 aromatic carbocycles. The van der Waals surface area contributed by atoms with Crippen molar-refractivity contribution in [3.8, 4) is 10.6 Å². The first-order chi connectivity index (χ1) is 16.2. The van der Waals surface area contributed by atoms with E-state index in [4.69, 9.17) is 4.74 Å². The van der Waals surface area contributed by atoms with Gasteiger partial charge in [0.15, 0.2) is 0 Å². The van der Waals surface area contributed by atoms with Gasteiger partial charge in [0, 0.05) is 45.5 Å². The smallest absolute Gasteiger partial charge is 0.377 e. The van der Waals surface area contributed by atoms with Crippen molar-refractivity contribution in [1.82, 2.24) is 30.0 Å². The van der Waals surface area contributed by atoms with Crippen LogP contribution in [0.4, 0.5) is 13.2 Å². The number of halogens is 3. The predicted molar refractivity (Wildman–Crippen MR) is 118 cm³/mol. The highest BCUT2D eigenvalue weighted by Gasteiger charge is 2.34. The summed E-state index contributed by atoms with van der Waals surface area (Å²) in [4.78, 5) is 25.4. The molecule has 0 aliphatic carbocycles. The van der Waals surface area contributed by atoms with Crippen LogP contribution in [0.25, 0.3) is 21.5 Å². The van der Waals surface area contributed by atoms with Crippen LogP contribution in [0, 0.1) is 6.92 Å². The topological polar surface area (TPSA) is 94.8 Å². The molecule has 4 aromatic rings. The van der Waals surface area contributed by atoms with Gasteiger partial charge in [-0.05, 0) is 26.0 Å². The van der Waals surface area contributed by atoms with Crippen molar-refractivity contribution >= 4 is 28.1 Å². The van der Waals surface area contributed by atoms with Gasteiger partial charge in [-0.2, -0.15) is 18.3 Å². The minimum Gasteiger partial charge on any atom is -0.377 e. The quantitative estimate of drug-likeness (QED) is 0.449. The van der Waals surface area contributed by atoms with E-state index < -0.39 is 18.0 Å². The van der Waals surface area contributed by atoms with Gasteiger partial charge in [0.25, 0.3) is 5.91 Å². The Hall–Kier alpha value is -3.38. The summed E-state index contributed by atoms with van der Waals surface area (Å²) < 4.78 is 45.4. The summed E-state index contributed by atoms with van der Waals surface area (Å²) in [7, 11) is 0. The van der Waals surface area contributed by atoms with E-state index in [1.54, 1.807) is 31.5 Å². The second-order valence-corrected chi connectivity index (χ2v) is 9.28. The van der Waals surface area contributed by atoms with Crippen LogP contribution in [-0.4, -0.2) is 43.9 Å². The SMILES string of the molecule is Cc1cnc(-c2cc(C(=O)NC(C)c3cnc(C(F)(F)F)nc3)cc3c2cnn3C2COC2)s1. The molecule has 34 heavy (non-hydrogen) atoms. The fourth-order valence-electron chi connectivity index (χ4n) is 3.66. The molecule has 1 aliphatic rings. The van der Waals surface area contributed by atoms with Gasteiger partial charge in [0.2, 0.25) is 5.82 Å². The van der Waals surface area contributed by atoms with Gasteiger partial charge in [0.05, 0.1) is 37.0 Å². The van der Waals surface area contributed by atoms with Gasteiger partial charge in [-0.1, -0.05) is 0 Å². The van der Waals surface area contributed by atoms with Crippen molar-refractivity contribution in [3.05, 3.63) is 58.7 Å². The number of carbonyl (C=O) groups excluding carboxylic acids is 1. The third-order valence-corrected chi connectivity index (χ3v) is 6.52. The van der Waals surface area contributed by atoms with Crippen molar-refractivity contribution < 1.29 is 22.7 Å². The molecule has 1 fully saturated rings. The van der Waals surface area contributed by atoms with Gasteiger partial charge in [-0.25, -0.2) is 15.0 Å². The number of nitrogens with one attached hydrogen (secondary N) is 1. The Morgan fingerprint density at radius 2 is 1.91 bits per heavy atom. The maximum absolute atomic E-state index is 13.2. The average molecular weight is 488 g/mol. The fourth-order valence-corrected chi connectivity index (χ4v) is 4.45. The molecule has 8 nitrogen and oxygen atoms in total. The molecule has 1 N–H and O–H groups in total. The molecular weight excluding hydrogens is 469 g/mol. The zero-order valence-corrected chi connectivity index (χ0v) is 18.9. The number of benzene rings is 1. The molecule has 5 rings (SSSR count). The van der Waals surface area contributed by atoms with E-state index in [2.05, 4.69) is 25.4 Å². The molecule has 3 aromatic heterocycles. The van der Waals surface area contributed by atoms with Crippen molar-refractivity contribution in [2.24, 2.45) is 0 Å². The Morgan fingerprint density at radius 1 is 1.18 bits per heavy atom. The van der Waals surface area contributed by atoms with Crippen LogP contribution < -0.4 is 5.32 Å². The number of hydrogen-bond acceptors (Lipinski definition) is 7. The van der Waals surface area contributed by atoms with Crippen LogP contribution in [0.2, 0.25) is 0 Å². The zero-order valence-electron chi connectivity index (χ0n) is 18.1. The number of aryl methyl sites for hydroxylation is 1. The lowest BCUT2D eigenvalue weighted by Gasteiger charge is -2.27. The van der Waals surface area contributed by atoms with Gasteiger partial charge >= 0.3 is 6.18 Å². The van der Waals surface area contributed by atoms with Crippen molar-refractivity contribution in [2.75, 3.05) is 13.2 Å². The van der Waals surface area contributed by atoms with Crippen LogP contribution in [0.15, 0.2) is 36.9 Å². The Kier molecular flexibility index (Phi) is 5.56. The molecule has 12 heteroatoms. The zero-order chi connectivity index (χ0) is 24.0. The summed E-state index contributed by atoms with van der Waals surface area (Å²) >= 11 is 1.51. The first kappa shape index (κ1) is 22.4. The summed E-state index contributed by atoms with van der Waals surface area (Å²) in [6.45, 7) is 4.70. The summed E-state index contributed by atoms with van der Waals surface area (Å²) in [6, 6.07) is 3.00. The van der Waals surface area contributed by atoms with Crippen LogP contribution in [0.5, 0.6) is 0 Å². The lowest BCUT2D eigenvalue weighted by molar-refractivity contribution is -0.145. The summed E-state index contributed by atoms with van der Waals surface area (Å²) in [5.74, 6) is -1.61. The number of amides is 1. The summed E-state index contributed by atoms with van der Waals surface area (Å²) in [6.07, 6.45) is 1.05. The van der Waals surface area contributed by atoms with Crippen molar-refractivity contribution in [3.63, 3.8) is 0 Å². The minimum absolute atomic E-state index is 0.0879. The highest BCUT2D eigenvalue weighted by molar-refractivity contribution is 7.15. The molecular formula is C22H19F3N6O2S. The maximum Gasteiger partial charge on any atom is 0.451 e. The van der Waals surface area contributed by atoms with Crippen LogP contribution >= 0.6 is 11.3 Å². The molecule has 1 amide bonds. The molecule has 1 unspecified atom stereocenters. The Bertz CT molecular complexity index is 1360. The van der Waals surface area contributed by atoms with E-state index in [0.29, 0.717) is 24.3 Å². The van der Waals surface area contributed by atoms with Crippen molar-refractivity contribution in [1.29, 1.82) is 0 Å². The molecule has 1 atom stereocenters.